The summed E-state index contributed by atoms with van der Waals surface area (Å²) in [5.41, 5.74) is 17.0. The molecule has 6 aromatic carbocycles. The molecule has 0 unspecified atom stereocenters. The molecule has 2 aliphatic carbocycles. The number of fused-ring (bicyclic) bond motifs is 3. The molecule has 0 bridgehead atoms. The van der Waals surface area contributed by atoms with Gasteiger partial charge in [-0.1, -0.05) is 0 Å². The number of allylic oxidation sites excluding steroid dienone is 4. The van der Waals surface area contributed by atoms with Gasteiger partial charge in [-0.05, 0) is 0 Å². The fraction of sp³-hybridized carbons (Fsp3) is 0.226. The number of hydrogen-bond acceptors (Lipinski definition) is 0. The second-order valence-corrected chi connectivity index (χ2v) is 24.1. The summed E-state index contributed by atoms with van der Waals surface area (Å²) in [5, 5.41) is 0. The van der Waals surface area contributed by atoms with Crippen molar-refractivity contribution in [1.82, 2.24) is 0 Å². The Morgan fingerprint density at radius 2 is 0.926 bits per heavy atom. The second kappa shape index (κ2) is 15.0. The third-order valence-electron chi connectivity index (χ3n) is 11.4. The molecule has 6 aromatic rings. The van der Waals surface area contributed by atoms with Crippen LogP contribution in [0.3, 0.4) is 0 Å². The summed E-state index contributed by atoms with van der Waals surface area (Å²) in [6.07, 6.45) is 10.4. The van der Waals surface area contributed by atoms with Crippen molar-refractivity contribution in [1.29, 1.82) is 0 Å². The van der Waals surface area contributed by atoms with E-state index < -0.39 is 21.3 Å². The van der Waals surface area contributed by atoms with Crippen molar-refractivity contribution in [3.05, 3.63) is 200 Å². The van der Waals surface area contributed by atoms with Gasteiger partial charge in [0.1, 0.15) is 0 Å². The van der Waals surface area contributed by atoms with E-state index in [2.05, 4.69) is 205 Å². The Kier molecular flexibility index (Phi) is 10.1. The van der Waals surface area contributed by atoms with Gasteiger partial charge in [-0.15, -0.1) is 0 Å². The van der Waals surface area contributed by atoms with Crippen LogP contribution in [0.15, 0.2) is 167 Å². The van der Waals surface area contributed by atoms with Gasteiger partial charge in [0.2, 0.25) is 0 Å². The summed E-state index contributed by atoms with van der Waals surface area (Å²) in [4.78, 5) is 0. The molecule has 0 atom stereocenters. The van der Waals surface area contributed by atoms with Crippen LogP contribution in [0.4, 0.5) is 0 Å². The molecule has 0 aliphatic heterocycles. The van der Waals surface area contributed by atoms with E-state index in [1.807, 2.05) is 0 Å². The number of rotatable bonds is 8. The van der Waals surface area contributed by atoms with E-state index in [1.165, 1.54) is 55.6 Å². The maximum atomic E-state index is 2.65. The van der Waals surface area contributed by atoms with E-state index in [1.54, 1.807) is 17.6 Å². The Balaban J connectivity index is 1.49. The van der Waals surface area contributed by atoms with Gasteiger partial charge in [0.15, 0.2) is 0 Å². The first-order valence-corrected chi connectivity index (χ1v) is 23.6. The van der Waals surface area contributed by atoms with Gasteiger partial charge < -0.3 is 0 Å². The van der Waals surface area contributed by atoms with Crippen LogP contribution >= 0.6 is 0 Å². The summed E-state index contributed by atoms with van der Waals surface area (Å²) in [7, 11) is 0. The summed E-state index contributed by atoms with van der Waals surface area (Å²) < 4.78 is 3.85. The third kappa shape index (κ3) is 7.33. The standard InChI is InChI=1S/C33H33.C15H14.C5H5.Zr/c1-32(2,3)30-20-26-24(18-28(30)22-13-9-7-10-14-22)17-25-19-29(23-15-11-8-12-16-23)31(21-27(25)26)33(4,5)6;1-3-8-14(9-4-1)12-7-13-15-10-5-2-6-11-15;1-2-4-5-3-1;/h7-21H,1-6H3;1-6,8-11H,12-13H2;1-3H,4H2;. The average Bonchev–Trinajstić information content (AvgIpc) is 3.81. The van der Waals surface area contributed by atoms with E-state index in [4.69, 9.17) is 0 Å². The Bertz CT molecular complexity index is 2230. The summed E-state index contributed by atoms with van der Waals surface area (Å²) in [6, 6.07) is 55.4. The van der Waals surface area contributed by atoms with Gasteiger partial charge in [0, 0.05) is 0 Å². The Morgan fingerprint density at radius 1 is 0.519 bits per heavy atom. The third-order valence-corrected chi connectivity index (χ3v) is 19.7. The van der Waals surface area contributed by atoms with Gasteiger partial charge >= 0.3 is 334 Å². The molecule has 0 saturated heterocycles. The molecule has 8 rings (SSSR count). The molecule has 54 heavy (non-hydrogen) atoms. The summed E-state index contributed by atoms with van der Waals surface area (Å²) >= 11 is -2.78. The van der Waals surface area contributed by atoms with Crippen molar-refractivity contribution in [2.45, 2.75) is 75.3 Å². The Labute approximate surface area is 331 Å². The monoisotopic (exact) mass is 778 g/mol. The van der Waals surface area contributed by atoms with Crippen LogP contribution in [0.5, 0.6) is 0 Å². The number of hydrogen-bond donors (Lipinski definition) is 0. The van der Waals surface area contributed by atoms with Crippen molar-refractivity contribution in [3.63, 3.8) is 0 Å². The van der Waals surface area contributed by atoms with Crippen molar-refractivity contribution >= 4 is 3.21 Å². The van der Waals surface area contributed by atoms with Crippen LogP contribution in [-0.2, 0) is 44.9 Å². The zero-order chi connectivity index (χ0) is 37.5. The molecule has 2 aliphatic rings. The first kappa shape index (κ1) is 36.5. The van der Waals surface area contributed by atoms with Crippen LogP contribution in [0.25, 0.3) is 33.4 Å². The zero-order valence-electron chi connectivity index (χ0n) is 32.8. The van der Waals surface area contributed by atoms with Gasteiger partial charge in [-0.2, -0.15) is 0 Å². The first-order valence-electron chi connectivity index (χ1n) is 19.7. The first-order chi connectivity index (χ1) is 26.1. The molecule has 0 nitrogen and oxygen atoms in total. The minimum atomic E-state index is -2.78. The molecular formula is C53H52Zr. The van der Waals surface area contributed by atoms with E-state index in [0.717, 1.165) is 19.3 Å². The molecular weight excluding hydrogens is 728 g/mol. The molecule has 0 spiro atoms. The molecule has 0 saturated carbocycles. The van der Waals surface area contributed by atoms with Crippen LogP contribution in [0.1, 0.15) is 85.0 Å². The summed E-state index contributed by atoms with van der Waals surface area (Å²) in [5.74, 6) is 0. The molecule has 0 fully saturated rings. The van der Waals surface area contributed by atoms with E-state index in [9.17, 15) is 0 Å². The second-order valence-electron chi connectivity index (χ2n) is 17.3. The molecule has 0 heterocycles. The van der Waals surface area contributed by atoms with Crippen LogP contribution in [0.2, 0.25) is 0 Å². The number of benzene rings is 6. The molecule has 268 valence electrons. The fourth-order valence-electron chi connectivity index (χ4n) is 8.81. The van der Waals surface area contributed by atoms with E-state index in [-0.39, 0.29) is 10.8 Å². The van der Waals surface area contributed by atoms with Gasteiger partial charge in [-0.3, -0.25) is 0 Å². The average molecular weight is 780 g/mol. The fourth-order valence-corrected chi connectivity index (χ4v) is 18.0. The van der Waals surface area contributed by atoms with Gasteiger partial charge in [-0.25, -0.2) is 0 Å². The molecule has 1 heteroatoms. The Morgan fingerprint density at radius 3 is 1.30 bits per heavy atom. The molecule has 0 N–H and O–H groups in total. The zero-order valence-corrected chi connectivity index (χ0v) is 35.2. The van der Waals surface area contributed by atoms with Crippen LogP contribution in [-0.4, -0.2) is 3.21 Å². The summed E-state index contributed by atoms with van der Waals surface area (Å²) in [6.45, 7) is 14.3. The van der Waals surface area contributed by atoms with Crippen LogP contribution < -0.4 is 0 Å². The minimum absolute atomic E-state index is 0.0212. The quantitative estimate of drug-likeness (QED) is 0.144. The predicted octanol–water partition coefficient (Wildman–Crippen LogP) is 13.8. The van der Waals surface area contributed by atoms with Crippen LogP contribution in [0, 0.1) is 0 Å². The Hall–Kier alpha value is -4.45. The predicted molar refractivity (Wildman–Crippen MR) is 229 cm³/mol. The normalized spacial score (nSPS) is 13.8. The van der Waals surface area contributed by atoms with Crippen molar-refractivity contribution < 1.29 is 21.3 Å². The van der Waals surface area contributed by atoms with Crippen molar-refractivity contribution in [2.24, 2.45) is 0 Å². The van der Waals surface area contributed by atoms with Crippen molar-refractivity contribution in [3.8, 4) is 33.4 Å². The molecule has 0 radical (unpaired) electrons. The molecule has 0 amide bonds. The van der Waals surface area contributed by atoms with Crippen molar-refractivity contribution in [2.75, 3.05) is 0 Å². The van der Waals surface area contributed by atoms with Gasteiger partial charge in [0.25, 0.3) is 0 Å². The van der Waals surface area contributed by atoms with E-state index >= 15 is 0 Å². The maximum absolute atomic E-state index is 2.78. The van der Waals surface area contributed by atoms with E-state index in [0.29, 0.717) is 3.63 Å². The van der Waals surface area contributed by atoms with Gasteiger partial charge in [0.05, 0.1) is 0 Å². The molecule has 0 aromatic heterocycles. The topological polar surface area (TPSA) is 0 Å². The SMILES string of the molecule is CC(C)(C)c1cc2c(cc1-c1ccccc1)[CH]([Zr]([C]1=CC=CC1)=[C](Cc1ccccc1)Cc1ccccc1)c1cc(-c3ccccc3)c(C(C)(C)C)cc1-2.